The lowest BCUT2D eigenvalue weighted by molar-refractivity contribution is -0.170. The van der Waals surface area contributed by atoms with Crippen molar-refractivity contribution in [3.05, 3.63) is 0 Å². The first-order chi connectivity index (χ1) is 10.9. The molecule has 5 nitrogen and oxygen atoms in total. The Kier molecular flexibility index (Phi) is 13.4. The molecule has 0 aliphatic rings. The van der Waals surface area contributed by atoms with Crippen LogP contribution in [-0.4, -0.2) is 39.6 Å². The lowest BCUT2D eigenvalue weighted by Gasteiger charge is -2.31. The van der Waals surface area contributed by atoms with Crippen LogP contribution in [0.4, 0.5) is 0 Å². The van der Waals surface area contributed by atoms with Crippen LogP contribution in [0, 0.1) is 5.92 Å². The minimum Gasteiger partial charge on any atom is -0.437 e. The molecule has 0 N–H and O–H groups in total. The number of hydrogen-bond acceptors (Lipinski definition) is 5. The molecular formula is C16H33BrO5Si. The van der Waals surface area contributed by atoms with Gasteiger partial charge in [0.15, 0.2) is 6.29 Å². The number of hydrogen-bond donors (Lipinski definition) is 0. The Morgan fingerprint density at radius 2 is 1.65 bits per heavy atom. The van der Waals surface area contributed by atoms with Gasteiger partial charge < -0.3 is 18.0 Å². The molecule has 0 heterocycles. The molecule has 0 amide bonds. The van der Waals surface area contributed by atoms with Crippen LogP contribution in [0.15, 0.2) is 0 Å². The topological polar surface area (TPSA) is 54.0 Å². The Hall–Kier alpha value is 0.0469. The summed E-state index contributed by atoms with van der Waals surface area (Å²) in [6.45, 7) is 10.6. The summed E-state index contributed by atoms with van der Waals surface area (Å²) in [6, 6.07) is 0.755. The number of halogens is 1. The second-order valence-corrected chi connectivity index (χ2v) is 8.86. The zero-order chi connectivity index (χ0) is 17.7. The van der Waals surface area contributed by atoms with E-state index >= 15 is 0 Å². The number of esters is 1. The third-order valence-corrected chi connectivity index (χ3v) is 7.41. The van der Waals surface area contributed by atoms with Crippen molar-refractivity contribution < 1.29 is 22.8 Å². The summed E-state index contributed by atoms with van der Waals surface area (Å²) in [6.07, 6.45) is 3.83. The third-order valence-electron chi connectivity index (χ3n) is 3.33. The molecule has 0 spiro atoms. The Morgan fingerprint density at radius 1 is 1.04 bits per heavy atom. The summed E-state index contributed by atoms with van der Waals surface area (Å²) >= 11 is 3.28. The third kappa shape index (κ3) is 9.81. The predicted molar refractivity (Wildman–Crippen MR) is 97.6 cm³/mol. The lowest BCUT2D eigenvalue weighted by atomic mass is 10.2. The standard InChI is InChI=1S/C16H33BrO5Si/c1-6-9-10-11-12-23(19-7-2,20-8-3)22-15(5)21-16(18)14(4)13-17/h14-15H,6-13H2,1-5H3. The molecule has 7 heteroatoms. The minimum atomic E-state index is -2.81. The van der Waals surface area contributed by atoms with E-state index in [1.165, 1.54) is 12.8 Å². The molecule has 0 aromatic rings. The highest BCUT2D eigenvalue weighted by Gasteiger charge is 2.42. The lowest BCUT2D eigenvalue weighted by Crippen LogP contribution is -2.49. The van der Waals surface area contributed by atoms with E-state index in [-0.39, 0.29) is 11.9 Å². The van der Waals surface area contributed by atoms with Crippen LogP contribution >= 0.6 is 15.9 Å². The molecule has 0 fully saturated rings. The summed E-state index contributed by atoms with van der Waals surface area (Å²) in [4.78, 5) is 11.9. The van der Waals surface area contributed by atoms with E-state index in [0.29, 0.717) is 18.5 Å². The van der Waals surface area contributed by atoms with Crippen LogP contribution < -0.4 is 0 Å². The Morgan fingerprint density at radius 3 is 2.13 bits per heavy atom. The summed E-state index contributed by atoms with van der Waals surface area (Å²) in [5, 5.41) is 0.565. The fraction of sp³-hybridized carbons (Fsp3) is 0.938. The van der Waals surface area contributed by atoms with Crippen LogP contribution in [-0.2, 0) is 22.8 Å². The smallest absolute Gasteiger partial charge is 0.437 e. The van der Waals surface area contributed by atoms with Gasteiger partial charge in [-0.15, -0.1) is 0 Å². The average molecular weight is 413 g/mol. The van der Waals surface area contributed by atoms with E-state index in [1.807, 2.05) is 20.8 Å². The maximum absolute atomic E-state index is 11.9. The maximum atomic E-state index is 11.9. The Bertz CT molecular complexity index is 311. The SMILES string of the molecule is CCCCCC[Si](OCC)(OCC)OC(C)OC(=O)C(C)CBr. The Labute approximate surface area is 150 Å². The summed E-state index contributed by atoms with van der Waals surface area (Å²) in [7, 11) is -2.81. The minimum absolute atomic E-state index is 0.208. The second kappa shape index (κ2) is 13.4. The summed E-state index contributed by atoms with van der Waals surface area (Å²) < 4.78 is 23.1. The number of carbonyl (C=O) groups is 1. The van der Waals surface area contributed by atoms with Gasteiger partial charge in [0.05, 0.1) is 5.92 Å². The monoisotopic (exact) mass is 412 g/mol. The largest absolute Gasteiger partial charge is 0.503 e. The van der Waals surface area contributed by atoms with Crippen molar-refractivity contribution in [1.29, 1.82) is 0 Å². The van der Waals surface area contributed by atoms with Gasteiger partial charge in [-0.25, -0.2) is 0 Å². The molecule has 23 heavy (non-hydrogen) atoms. The second-order valence-electron chi connectivity index (χ2n) is 5.54. The van der Waals surface area contributed by atoms with Crippen LogP contribution in [0.25, 0.3) is 0 Å². The number of rotatable bonds is 14. The summed E-state index contributed by atoms with van der Waals surface area (Å²) in [5.41, 5.74) is 0. The van der Waals surface area contributed by atoms with Crippen molar-refractivity contribution in [2.45, 2.75) is 72.6 Å². The van der Waals surface area contributed by atoms with Crippen molar-refractivity contribution in [1.82, 2.24) is 0 Å². The molecule has 0 bridgehead atoms. The van der Waals surface area contributed by atoms with Gasteiger partial charge in [-0.1, -0.05) is 49.0 Å². The molecule has 138 valence electrons. The first kappa shape index (κ1) is 23.0. The molecule has 0 aliphatic carbocycles. The zero-order valence-electron chi connectivity index (χ0n) is 15.2. The number of alkyl halides is 1. The van der Waals surface area contributed by atoms with Gasteiger partial charge in [0.25, 0.3) is 0 Å². The average Bonchev–Trinajstić information content (AvgIpc) is 2.51. The highest BCUT2D eigenvalue weighted by Crippen LogP contribution is 2.23. The predicted octanol–water partition coefficient (Wildman–Crippen LogP) is 4.52. The van der Waals surface area contributed by atoms with Gasteiger partial charge >= 0.3 is 14.8 Å². The quantitative estimate of drug-likeness (QED) is 0.138. The number of ether oxygens (including phenoxy) is 1. The molecule has 2 atom stereocenters. The molecule has 0 radical (unpaired) electrons. The molecule has 0 saturated carbocycles. The van der Waals surface area contributed by atoms with Crippen molar-refractivity contribution in [2.75, 3.05) is 18.5 Å². The fourth-order valence-electron chi connectivity index (χ4n) is 2.14. The summed E-state index contributed by atoms with van der Waals surface area (Å²) in [5.74, 6) is -0.489. The van der Waals surface area contributed by atoms with E-state index in [1.54, 1.807) is 6.92 Å². The van der Waals surface area contributed by atoms with Crippen LogP contribution in [0.1, 0.15) is 60.3 Å². The Balaban J connectivity index is 4.72. The molecule has 0 rings (SSSR count). The number of carbonyl (C=O) groups excluding carboxylic acids is 1. The van der Waals surface area contributed by atoms with E-state index in [9.17, 15) is 4.79 Å². The van der Waals surface area contributed by atoms with E-state index in [0.717, 1.165) is 18.9 Å². The van der Waals surface area contributed by atoms with Gasteiger partial charge in [0, 0.05) is 24.6 Å². The van der Waals surface area contributed by atoms with Gasteiger partial charge in [-0.3, -0.25) is 4.79 Å². The fourth-order valence-corrected chi connectivity index (χ4v) is 5.15. The first-order valence-electron chi connectivity index (χ1n) is 8.66. The van der Waals surface area contributed by atoms with E-state index in [4.69, 9.17) is 18.0 Å². The normalized spacial score (nSPS) is 14.5. The molecule has 0 aromatic carbocycles. The van der Waals surface area contributed by atoms with Crippen LogP contribution in [0.3, 0.4) is 0 Å². The molecule has 0 aromatic heterocycles. The van der Waals surface area contributed by atoms with Gasteiger partial charge in [-0.2, -0.15) is 0 Å². The molecule has 2 unspecified atom stereocenters. The maximum Gasteiger partial charge on any atom is 0.503 e. The number of unbranched alkanes of at least 4 members (excludes halogenated alkanes) is 3. The van der Waals surface area contributed by atoms with Crippen LogP contribution in [0.5, 0.6) is 0 Å². The molecule has 0 saturated heterocycles. The van der Waals surface area contributed by atoms with E-state index < -0.39 is 15.1 Å². The van der Waals surface area contributed by atoms with E-state index in [2.05, 4.69) is 22.9 Å². The van der Waals surface area contributed by atoms with Gasteiger partial charge in [0.1, 0.15) is 0 Å². The zero-order valence-corrected chi connectivity index (χ0v) is 17.8. The highest BCUT2D eigenvalue weighted by molar-refractivity contribution is 9.09. The van der Waals surface area contributed by atoms with Crippen molar-refractivity contribution >= 4 is 30.7 Å². The first-order valence-corrected chi connectivity index (χ1v) is 11.7. The van der Waals surface area contributed by atoms with Crippen molar-refractivity contribution in [3.8, 4) is 0 Å². The van der Waals surface area contributed by atoms with Gasteiger partial charge in [0.2, 0.25) is 0 Å². The highest BCUT2D eigenvalue weighted by atomic mass is 79.9. The van der Waals surface area contributed by atoms with Gasteiger partial charge in [-0.05, 0) is 27.2 Å². The van der Waals surface area contributed by atoms with Crippen molar-refractivity contribution in [2.24, 2.45) is 5.92 Å². The molecule has 0 aliphatic heterocycles. The van der Waals surface area contributed by atoms with Crippen LogP contribution in [0.2, 0.25) is 6.04 Å². The molecular weight excluding hydrogens is 380 g/mol. The van der Waals surface area contributed by atoms with Crippen molar-refractivity contribution in [3.63, 3.8) is 0 Å².